The van der Waals surface area contributed by atoms with Gasteiger partial charge in [0.1, 0.15) is 5.82 Å². The van der Waals surface area contributed by atoms with Gasteiger partial charge in [-0.15, -0.1) is 0 Å². The van der Waals surface area contributed by atoms with Gasteiger partial charge in [0.2, 0.25) is 0 Å². The molecule has 2 atom stereocenters. The fourth-order valence-electron chi connectivity index (χ4n) is 3.15. The monoisotopic (exact) mass is 305 g/mol. The molecule has 3 nitrogen and oxygen atoms in total. The number of hydrogen-bond donors (Lipinski definition) is 2. The van der Waals surface area contributed by atoms with E-state index < -0.39 is 5.82 Å². The molecule has 0 spiro atoms. The standard InChI is InChI=1S/C16H17ClFN3/c17-13-8-2-6-11(14(13)18)16(21-19)12-7-1-4-10-5-3-9-20-15(10)12/h2-3,5-6,8-9,12,16,21H,1,4,7,19H2. The average molecular weight is 306 g/mol. The third-order valence-corrected chi connectivity index (χ3v) is 4.43. The van der Waals surface area contributed by atoms with Crippen molar-refractivity contribution >= 4 is 11.6 Å². The summed E-state index contributed by atoms with van der Waals surface area (Å²) in [6.45, 7) is 0. The van der Waals surface area contributed by atoms with Crippen LogP contribution in [-0.4, -0.2) is 4.98 Å². The van der Waals surface area contributed by atoms with Gasteiger partial charge >= 0.3 is 0 Å². The van der Waals surface area contributed by atoms with Crippen LogP contribution in [0.1, 0.15) is 41.6 Å². The predicted octanol–water partition coefficient (Wildman–Crippen LogP) is 3.50. The molecule has 3 N–H and O–H groups in total. The van der Waals surface area contributed by atoms with Crippen molar-refractivity contribution in [3.05, 3.63) is 64.2 Å². The summed E-state index contributed by atoms with van der Waals surface area (Å²) < 4.78 is 14.3. The highest BCUT2D eigenvalue weighted by Gasteiger charge is 2.31. The predicted molar refractivity (Wildman–Crippen MR) is 81.4 cm³/mol. The van der Waals surface area contributed by atoms with E-state index in [2.05, 4.69) is 16.5 Å². The van der Waals surface area contributed by atoms with Gasteiger partial charge in [0, 0.05) is 23.4 Å². The zero-order valence-corrected chi connectivity index (χ0v) is 12.3. The molecular formula is C16H17ClFN3. The first-order valence-corrected chi connectivity index (χ1v) is 7.44. The van der Waals surface area contributed by atoms with E-state index in [1.54, 1.807) is 24.4 Å². The SMILES string of the molecule is NNC(c1cccc(Cl)c1F)C1CCCc2cccnc21. The van der Waals surface area contributed by atoms with Crippen LogP contribution in [0.15, 0.2) is 36.5 Å². The van der Waals surface area contributed by atoms with Crippen molar-refractivity contribution in [1.29, 1.82) is 0 Å². The number of benzene rings is 1. The molecule has 1 aliphatic rings. The van der Waals surface area contributed by atoms with Crippen LogP contribution in [0.5, 0.6) is 0 Å². The van der Waals surface area contributed by atoms with Gasteiger partial charge in [0.25, 0.3) is 0 Å². The van der Waals surface area contributed by atoms with Crippen LogP contribution in [0.2, 0.25) is 5.02 Å². The Kier molecular flexibility index (Phi) is 4.19. The van der Waals surface area contributed by atoms with E-state index in [1.165, 1.54) is 5.56 Å². The lowest BCUT2D eigenvalue weighted by Crippen LogP contribution is -2.35. The number of hydrazine groups is 1. The number of pyridine rings is 1. The van der Waals surface area contributed by atoms with Gasteiger partial charge < -0.3 is 0 Å². The molecule has 1 aromatic carbocycles. The summed E-state index contributed by atoms with van der Waals surface area (Å²) in [5.41, 5.74) is 5.48. The van der Waals surface area contributed by atoms with Crippen LogP contribution in [0.3, 0.4) is 0 Å². The van der Waals surface area contributed by atoms with E-state index in [0.29, 0.717) is 5.56 Å². The minimum atomic E-state index is -0.412. The van der Waals surface area contributed by atoms with Crippen LogP contribution in [0.25, 0.3) is 0 Å². The zero-order valence-electron chi connectivity index (χ0n) is 11.5. The molecule has 1 aromatic heterocycles. The second kappa shape index (κ2) is 6.10. The third kappa shape index (κ3) is 2.67. The van der Waals surface area contributed by atoms with Crippen LogP contribution >= 0.6 is 11.6 Å². The van der Waals surface area contributed by atoms with Crippen molar-refractivity contribution < 1.29 is 4.39 Å². The number of hydrogen-bond acceptors (Lipinski definition) is 3. The van der Waals surface area contributed by atoms with E-state index in [0.717, 1.165) is 25.0 Å². The van der Waals surface area contributed by atoms with Crippen LogP contribution < -0.4 is 11.3 Å². The Morgan fingerprint density at radius 3 is 3.00 bits per heavy atom. The fraction of sp³-hybridized carbons (Fsp3) is 0.312. The summed E-state index contributed by atoms with van der Waals surface area (Å²) in [6.07, 6.45) is 4.75. The smallest absolute Gasteiger partial charge is 0.146 e. The number of rotatable bonds is 3. The first-order valence-electron chi connectivity index (χ1n) is 7.06. The second-order valence-electron chi connectivity index (χ2n) is 5.33. The lowest BCUT2D eigenvalue weighted by atomic mass is 9.79. The summed E-state index contributed by atoms with van der Waals surface area (Å²) in [7, 11) is 0. The molecule has 3 rings (SSSR count). The van der Waals surface area contributed by atoms with Crippen molar-refractivity contribution in [3.63, 3.8) is 0 Å². The summed E-state index contributed by atoms with van der Waals surface area (Å²) in [6, 6.07) is 8.69. The molecular weight excluding hydrogens is 289 g/mol. The van der Waals surface area contributed by atoms with Crippen LogP contribution in [0, 0.1) is 5.82 Å². The Balaban J connectivity index is 2.04. The molecule has 0 saturated heterocycles. The Hall–Kier alpha value is -1.49. The highest BCUT2D eigenvalue weighted by atomic mass is 35.5. The maximum atomic E-state index is 14.3. The quantitative estimate of drug-likeness (QED) is 0.674. The minimum Gasteiger partial charge on any atom is -0.271 e. The summed E-state index contributed by atoms with van der Waals surface area (Å²) >= 11 is 5.89. The zero-order chi connectivity index (χ0) is 14.8. The molecule has 1 heterocycles. The molecule has 1 aliphatic carbocycles. The Bertz CT molecular complexity index is 647. The molecule has 0 amide bonds. The number of halogens is 2. The number of nitrogens with two attached hydrogens (primary N) is 1. The molecule has 110 valence electrons. The molecule has 0 fully saturated rings. The van der Waals surface area contributed by atoms with E-state index in [4.69, 9.17) is 17.4 Å². The van der Waals surface area contributed by atoms with Crippen molar-refractivity contribution in [1.82, 2.24) is 10.4 Å². The third-order valence-electron chi connectivity index (χ3n) is 4.14. The van der Waals surface area contributed by atoms with E-state index in [-0.39, 0.29) is 17.0 Å². The lowest BCUT2D eigenvalue weighted by Gasteiger charge is -2.31. The normalized spacial score (nSPS) is 19.1. The van der Waals surface area contributed by atoms with Crippen molar-refractivity contribution in [3.8, 4) is 0 Å². The van der Waals surface area contributed by atoms with E-state index in [1.807, 2.05) is 6.07 Å². The topological polar surface area (TPSA) is 50.9 Å². The van der Waals surface area contributed by atoms with Crippen molar-refractivity contribution in [2.45, 2.75) is 31.2 Å². The number of aromatic nitrogens is 1. The van der Waals surface area contributed by atoms with Gasteiger partial charge in [-0.2, -0.15) is 0 Å². The van der Waals surface area contributed by atoms with Crippen molar-refractivity contribution in [2.75, 3.05) is 0 Å². The summed E-state index contributed by atoms with van der Waals surface area (Å²) in [5, 5.41) is 0.116. The second-order valence-corrected chi connectivity index (χ2v) is 5.74. The number of nitrogens with one attached hydrogen (secondary N) is 1. The lowest BCUT2D eigenvalue weighted by molar-refractivity contribution is 0.388. The maximum absolute atomic E-state index is 14.3. The summed E-state index contributed by atoms with van der Waals surface area (Å²) in [4.78, 5) is 4.50. The molecule has 0 radical (unpaired) electrons. The van der Waals surface area contributed by atoms with Crippen molar-refractivity contribution in [2.24, 2.45) is 5.84 Å². The van der Waals surface area contributed by atoms with Crippen LogP contribution in [0.4, 0.5) is 4.39 Å². The highest BCUT2D eigenvalue weighted by Crippen LogP contribution is 2.40. The van der Waals surface area contributed by atoms with Gasteiger partial charge in [-0.25, -0.2) is 4.39 Å². The minimum absolute atomic E-state index is 0.0490. The first kappa shape index (κ1) is 14.4. The Labute approximate surface area is 128 Å². The van der Waals surface area contributed by atoms with Crippen LogP contribution in [-0.2, 0) is 6.42 Å². The average Bonchev–Trinajstić information content (AvgIpc) is 2.52. The van der Waals surface area contributed by atoms with Gasteiger partial charge in [-0.3, -0.25) is 16.3 Å². The van der Waals surface area contributed by atoms with Gasteiger partial charge in [-0.1, -0.05) is 29.8 Å². The molecule has 2 aromatic rings. The molecule has 2 unspecified atom stereocenters. The number of nitrogens with zero attached hydrogens (tertiary/aromatic N) is 1. The maximum Gasteiger partial charge on any atom is 0.146 e. The fourth-order valence-corrected chi connectivity index (χ4v) is 3.33. The number of aryl methyl sites for hydroxylation is 1. The van der Waals surface area contributed by atoms with E-state index >= 15 is 0 Å². The van der Waals surface area contributed by atoms with Gasteiger partial charge in [0.15, 0.2) is 0 Å². The van der Waals surface area contributed by atoms with Gasteiger partial charge in [0.05, 0.1) is 11.1 Å². The van der Waals surface area contributed by atoms with Gasteiger partial charge in [-0.05, 0) is 37.0 Å². The highest BCUT2D eigenvalue weighted by molar-refractivity contribution is 6.30. The molecule has 0 aliphatic heterocycles. The first-order chi connectivity index (χ1) is 10.2. The largest absolute Gasteiger partial charge is 0.271 e. The molecule has 0 saturated carbocycles. The Morgan fingerprint density at radius 1 is 1.33 bits per heavy atom. The number of fused-ring (bicyclic) bond motifs is 1. The molecule has 5 heteroatoms. The van der Waals surface area contributed by atoms with E-state index in [9.17, 15) is 4.39 Å². The summed E-state index contributed by atoms with van der Waals surface area (Å²) in [5.74, 6) is 5.36. The molecule has 0 bridgehead atoms. The Morgan fingerprint density at radius 2 is 2.19 bits per heavy atom. The molecule has 21 heavy (non-hydrogen) atoms.